The van der Waals surface area contributed by atoms with Crippen molar-refractivity contribution in [3.8, 4) is 0 Å². The molecule has 1 aromatic carbocycles. The van der Waals surface area contributed by atoms with Gasteiger partial charge in [0.1, 0.15) is 0 Å². The number of carboxylic acid groups (broad SMARTS) is 1. The average Bonchev–Trinajstić information content (AvgIpc) is 2.31. The Hall–Kier alpha value is -0.180. The van der Waals surface area contributed by atoms with E-state index in [9.17, 15) is 19.5 Å². The molecule has 2 amide bonds. The Morgan fingerprint density at radius 1 is 1.10 bits per heavy atom. The normalized spacial score (nSPS) is 12.9. The highest BCUT2D eigenvalue weighted by molar-refractivity contribution is 14.1. The first-order valence-electron chi connectivity index (χ1n) is 6.40. The molecule has 0 radical (unpaired) electrons. The topological polar surface area (TPSA) is 95.5 Å². The molecule has 9 heteroatoms. The van der Waals surface area contributed by atoms with Gasteiger partial charge in [-0.1, -0.05) is 0 Å². The van der Waals surface area contributed by atoms with E-state index in [1.807, 2.05) is 5.32 Å². The summed E-state index contributed by atoms with van der Waals surface area (Å²) in [5.74, 6) is -2.67. The fraction of sp³-hybridized carbons (Fsp3) is 0.182. The van der Waals surface area contributed by atoms with Gasteiger partial charge in [0.25, 0.3) is 5.91 Å². The molecule has 0 aliphatic rings. The van der Waals surface area contributed by atoms with Crippen molar-refractivity contribution in [2.75, 3.05) is 12.3 Å². The largest absolute Gasteiger partial charge is 0.478 e. The predicted molar refractivity (Wildman–Crippen MR) is 99.2 cm³/mol. The second-order valence-corrected chi connectivity index (χ2v) is 6.74. The minimum Gasteiger partial charge on any atom is -0.478 e. The summed E-state index contributed by atoms with van der Waals surface area (Å²) in [5, 5.41) is 13.7. The van der Waals surface area contributed by atoms with Gasteiger partial charge in [-0.15, -0.1) is 0 Å². The summed E-state index contributed by atoms with van der Waals surface area (Å²) in [6.07, 6.45) is 0. The Kier molecular flexibility index (Phi) is 4.85. The van der Waals surface area contributed by atoms with E-state index in [4.69, 9.17) is 4.11 Å². The van der Waals surface area contributed by atoms with Crippen LogP contribution < -0.4 is 10.6 Å². The number of hydrogen-bond donors (Lipinski definition) is 3. The highest BCUT2D eigenvalue weighted by atomic mass is 127. The highest BCUT2D eigenvalue weighted by Crippen LogP contribution is 2.35. The molecular formula is C11H9I3N2O4. The number of carboxylic acids is 1. The smallest absolute Gasteiger partial charge is 0.337 e. The molecule has 0 aliphatic carbocycles. The lowest BCUT2D eigenvalue weighted by Gasteiger charge is -2.16. The van der Waals surface area contributed by atoms with Crippen LogP contribution in [0.1, 0.15) is 31.8 Å². The van der Waals surface area contributed by atoms with Gasteiger partial charge >= 0.3 is 5.97 Å². The van der Waals surface area contributed by atoms with Gasteiger partial charge in [-0.05, 0) is 67.8 Å². The summed E-state index contributed by atoms with van der Waals surface area (Å²) in [6.45, 7) is -1.48. The molecule has 0 saturated carbocycles. The first kappa shape index (κ1) is 13.5. The Labute approximate surface area is 160 Å². The molecule has 0 aliphatic heterocycles. The van der Waals surface area contributed by atoms with Crippen molar-refractivity contribution in [1.29, 1.82) is 0 Å². The van der Waals surface area contributed by atoms with Crippen LogP contribution in [-0.4, -0.2) is 29.9 Å². The van der Waals surface area contributed by atoms with E-state index >= 15 is 0 Å². The summed E-state index contributed by atoms with van der Waals surface area (Å²) in [7, 11) is 0. The quantitative estimate of drug-likeness (QED) is 0.455. The molecule has 0 unspecified atom stereocenters. The number of carbonyl (C=O) groups is 3. The first-order valence-corrected chi connectivity index (χ1v) is 8.14. The van der Waals surface area contributed by atoms with Crippen LogP contribution in [0.15, 0.2) is 0 Å². The number of hydrogen-bond acceptors (Lipinski definition) is 3. The van der Waals surface area contributed by atoms with Gasteiger partial charge in [0.15, 0.2) is 0 Å². The van der Waals surface area contributed by atoms with Gasteiger partial charge in [-0.25, -0.2) is 4.79 Å². The van der Waals surface area contributed by atoms with Gasteiger partial charge in [-0.3, -0.25) is 9.59 Å². The van der Waals surface area contributed by atoms with Crippen molar-refractivity contribution in [3.05, 3.63) is 21.8 Å². The monoisotopic (exact) mass is 617 g/mol. The van der Waals surface area contributed by atoms with Crippen molar-refractivity contribution in [2.45, 2.75) is 6.92 Å². The summed E-state index contributed by atoms with van der Waals surface area (Å²) < 4.78 is 21.9. The maximum atomic E-state index is 12.2. The molecule has 0 aromatic heterocycles. The van der Waals surface area contributed by atoms with E-state index in [0.29, 0.717) is 0 Å². The van der Waals surface area contributed by atoms with E-state index in [0.717, 1.165) is 0 Å². The SMILES string of the molecule is [2H]C([2H])([2H])NC(=O)c1c(I)c(NC(C)=O)c(I)c(C(=O)O)c1I. The standard InChI is InChI=1S/C11H9I3N2O4/c1-3(17)16-9-7(13)4(10(18)15-2)6(12)5(8(9)14)11(19)20/h1-2H3,(H,15,18)(H,16,17)(H,19,20)/i2D3. The maximum absolute atomic E-state index is 12.2. The van der Waals surface area contributed by atoms with Gasteiger partial charge in [-0.2, -0.15) is 0 Å². The number of benzene rings is 1. The average molecular weight is 617 g/mol. The molecule has 0 spiro atoms. The molecule has 0 heterocycles. The van der Waals surface area contributed by atoms with Crippen molar-refractivity contribution in [1.82, 2.24) is 5.32 Å². The Balaban J connectivity index is 3.69. The summed E-state index contributed by atoms with van der Waals surface area (Å²) in [4.78, 5) is 35.1. The van der Waals surface area contributed by atoms with Crippen molar-refractivity contribution < 1.29 is 23.6 Å². The van der Waals surface area contributed by atoms with E-state index < -0.39 is 24.8 Å². The van der Waals surface area contributed by atoms with Crippen molar-refractivity contribution >= 4 is 91.2 Å². The Morgan fingerprint density at radius 3 is 2.10 bits per heavy atom. The van der Waals surface area contributed by atoms with Gasteiger partial charge < -0.3 is 15.7 Å². The van der Waals surface area contributed by atoms with E-state index in [2.05, 4.69) is 5.32 Å². The van der Waals surface area contributed by atoms with Crippen molar-refractivity contribution in [3.63, 3.8) is 0 Å². The molecule has 0 bridgehead atoms. The molecule has 108 valence electrons. The molecule has 6 nitrogen and oxygen atoms in total. The lowest BCUT2D eigenvalue weighted by molar-refractivity contribution is -0.114. The van der Waals surface area contributed by atoms with Crippen LogP contribution in [0.5, 0.6) is 0 Å². The van der Waals surface area contributed by atoms with Crippen LogP contribution in [0.4, 0.5) is 5.69 Å². The van der Waals surface area contributed by atoms with Crippen LogP contribution in [0.3, 0.4) is 0 Å². The molecule has 3 N–H and O–H groups in total. The molecule has 0 fully saturated rings. The number of carbonyl (C=O) groups excluding carboxylic acids is 2. The molecule has 0 atom stereocenters. The number of amides is 2. The number of rotatable bonds is 3. The Bertz CT molecular complexity index is 707. The number of halogens is 3. The first-order chi connectivity index (χ1) is 10.4. The lowest BCUT2D eigenvalue weighted by atomic mass is 10.1. The fourth-order valence-corrected chi connectivity index (χ4v) is 5.79. The van der Waals surface area contributed by atoms with Crippen molar-refractivity contribution in [2.24, 2.45) is 0 Å². The lowest BCUT2D eigenvalue weighted by Crippen LogP contribution is -2.24. The Morgan fingerprint density at radius 2 is 1.65 bits per heavy atom. The zero-order valence-corrected chi connectivity index (χ0v) is 16.3. The van der Waals surface area contributed by atoms with Crippen LogP contribution in [0.25, 0.3) is 0 Å². The minimum absolute atomic E-state index is 0.0970. The third-order valence-corrected chi connectivity index (χ3v) is 5.41. The number of aromatic carboxylic acids is 1. The minimum atomic E-state index is -2.72. The van der Waals surface area contributed by atoms with Gasteiger partial charge in [0.2, 0.25) is 5.91 Å². The highest BCUT2D eigenvalue weighted by Gasteiger charge is 2.27. The maximum Gasteiger partial charge on any atom is 0.337 e. The third-order valence-electron chi connectivity index (χ3n) is 2.17. The second-order valence-electron chi connectivity index (χ2n) is 3.51. The number of anilines is 1. The second kappa shape index (κ2) is 7.20. The van der Waals surface area contributed by atoms with Crippen LogP contribution >= 0.6 is 67.8 Å². The zero-order valence-electron chi connectivity index (χ0n) is 12.8. The van der Waals surface area contributed by atoms with Crippen LogP contribution in [-0.2, 0) is 4.79 Å². The van der Waals surface area contributed by atoms with E-state index in [-0.39, 0.29) is 27.5 Å². The number of nitrogens with one attached hydrogen (secondary N) is 2. The summed E-state index contributed by atoms with van der Waals surface area (Å²) in [6, 6.07) is 0. The van der Waals surface area contributed by atoms with Gasteiger partial charge in [0, 0.05) is 21.6 Å². The van der Waals surface area contributed by atoms with Gasteiger partial charge in [0.05, 0.1) is 24.0 Å². The summed E-state index contributed by atoms with van der Waals surface area (Å²) >= 11 is 5.21. The van der Waals surface area contributed by atoms with E-state index in [1.54, 1.807) is 67.8 Å². The summed E-state index contributed by atoms with van der Waals surface area (Å²) in [5.41, 5.74) is -0.123. The fourth-order valence-electron chi connectivity index (χ4n) is 1.40. The molecule has 0 saturated heterocycles. The predicted octanol–water partition coefficient (Wildman–Crippen LogP) is 2.52. The third kappa shape index (κ3) is 3.52. The molecule has 1 aromatic rings. The van der Waals surface area contributed by atoms with Crippen LogP contribution in [0.2, 0.25) is 0 Å². The van der Waals surface area contributed by atoms with E-state index in [1.165, 1.54) is 6.92 Å². The molecule has 1 rings (SSSR count). The van der Waals surface area contributed by atoms with Crippen LogP contribution in [0, 0.1) is 10.7 Å². The molecular weight excluding hydrogens is 605 g/mol. The molecule has 20 heavy (non-hydrogen) atoms. The zero-order chi connectivity index (χ0) is 18.1.